The van der Waals surface area contributed by atoms with Crippen LogP contribution in [0, 0.1) is 5.92 Å². The third kappa shape index (κ3) is 6.19. The number of ether oxygens (including phenoxy) is 1. The molecule has 0 fully saturated rings. The van der Waals surface area contributed by atoms with Crippen molar-refractivity contribution in [1.82, 2.24) is 0 Å². The van der Waals surface area contributed by atoms with Crippen LogP contribution in [0.15, 0.2) is 12.2 Å². The van der Waals surface area contributed by atoms with E-state index in [0.717, 1.165) is 6.08 Å². The smallest absolute Gasteiger partial charge is 0.331 e. The third-order valence-corrected chi connectivity index (χ3v) is 1.53. The molecule has 0 aromatic carbocycles. The molecule has 0 saturated carbocycles. The van der Waals surface area contributed by atoms with Gasteiger partial charge in [-0.25, -0.2) is 9.59 Å². The molecule has 2 N–H and O–H groups in total. The van der Waals surface area contributed by atoms with Crippen molar-refractivity contribution >= 4 is 11.9 Å². The van der Waals surface area contributed by atoms with Crippen molar-refractivity contribution in [2.45, 2.75) is 20.0 Å². The van der Waals surface area contributed by atoms with Gasteiger partial charge < -0.3 is 14.9 Å². The van der Waals surface area contributed by atoms with Crippen molar-refractivity contribution in [1.29, 1.82) is 0 Å². The van der Waals surface area contributed by atoms with Crippen molar-refractivity contribution < 1.29 is 24.5 Å². The molecule has 1 unspecified atom stereocenters. The lowest BCUT2D eigenvalue weighted by molar-refractivity contribution is -0.142. The number of esters is 1. The number of carboxylic acid groups (broad SMARTS) is 1. The molecule has 0 aliphatic rings. The van der Waals surface area contributed by atoms with Crippen LogP contribution in [-0.4, -0.2) is 34.9 Å². The first-order valence-electron chi connectivity index (χ1n) is 4.19. The number of carboxylic acids is 1. The lowest BCUT2D eigenvalue weighted by Crippen LogP contribution is -2.23. The van der Waals surface area contributed by atoms with Gasteiger partial charge >= 0.3 is 11.9 Å². The zero-order valence-electron chi connectivity index (χ0n) is 8.14. The van der Waals surface area contributed by atoms with E-state index in [1.807, 2.05) is 0 Å². The monoisotopic (exact) mass is 202 g/mol. The van der Waals surface area contributed by atoms with Crippen molar-refractivity contribution in [2.75, 3.05) is 6.61 Å². The van der Waals surface area contributed by atoms with Gasteiger partial charge in [0.2, 0.25) is 0 Å². The maximum atomic E-state index is 10.8. The number of carbonyl (C=O) groups excluding carboxylic acids is 1. The molecule has 0 bridgehead atoms. The zero-order chi connectivity index (χ0) is 11.1. The number of aliphatic carboxylic acids is 1. The minimum atomic E-state index is -1.22. The maximum Gasteiger partial charge on any atom is 0.331 e. The Hall–Kier alpha value is -1.36. The summed E-state index contributed by atoms with van der Waals surface area (Å²) >= 11 is 0. The van der Waals surface area contributed by atoms with Crippen LogP contribution >= 0.6 is 0 Å². The van der Waals surface area contributed by atoms with Crippen LogP contribution < -0.4 is 0 Å². The Morgan fingerprint density at radius 2 is 1.93 bits per heavy atom. The quantitative estimate of drug-likeness (QED) is 0.491. The van der Waals surface area contributed by atoms with Gasteiger partial charge in [-0.3, -0.25) is 0 Å². The highest BCUT2D eigenvalue weighted by Gasteiger charge is 2.10. The van der Waals surface area contributed by atoms with Gasteiger partial charge in [-0.15, -0.1) is 0 Å². The van der Waals surface area contributed by atoms with Crippen molar-refractivity contribution in [3.8, 4) is 0 Å². The predicted molar refractivity (Wildman–Crippen MR) is 48.6 cm³/mol. The second-order valence-electron chi connectivity index (χ2n) is 3.11. The normalized spacial score (nSPS) is 13.1. The number of aliphatic hydroxyl groups is 1. The van der Waals surface area contributed by atoms with Crippen molar-refractivity contribution in [3.05, 3.63) is 12.2 Å². The molecule has 80 valence electrons. The number of hydrogen-bond donors (Lipinski definition) is 2. The predicted octanol–water partition coefficient (Wildman–Crippen LogP) is 0.187. The fraction of sp³-hybridized carbons (Fsp3) is 0.556. The summed E-state index contributed by atoms with van der Waals surface area (Å²) in [5.41, 5.74) is 0. The molecule has 5 nitrogen and oxygen atoms in total. The number of hydrogen-bond acceptors (Lipinski definition) is 4. The number of rotatable bonds is 5. The van der Waals surface area contributed by atoms with Gasteiger partial charge in [-0.1, -0.05) is 13.8 Å². The topological polar surface area (TPSA) is 83.8 Å². The minimum Gasteiger partial charge on any atom is -0.478 e. The van der Waals surface area contributed by atoms with E-state index in [1.165, 1.54) is 0 Å². The summed E-state index contributed by atoms with van der Waals surface area (Å²) in [6, 6.07) is 0. The van der Waals surface area contributed by atoms with Crippen LogP contribution in [-0.2, 0) is 14.3 Å². The summed E-state index contributed by atoms with van der Waals surface area (Å²) in [5, 5.41) is 17.4. The molecular weight excluding hydrogens is 188 g/mol. The van der Waals surface area contributed by atoms with Crippen molar-refractivity contribution in [2.24, 2.45) is 5.92 Å². The van der Waals surface area contributed by atoms with Gasteiger partial charge in [0.15, 0.2) is 0 Å². The van der Waals surface area contributed by atoms with Crippen molar-refractivity contribution in [3.63, 3.8) is 0 Å². The first-order chi connectivity index (χ1) is 6.43. The Bertz CT molecular complexity index is 231. The van der Waals surface area contributed by atoms with E-state index < -0.39 is 18.0 Å². The van der Waals surface area contributed by atoms with E-state index in [1.54, 1.807) is 13.8 Å². The zero-order valence-corrected chi connectivity index (χ0v) is 8.14. The second kappa shape index (κ2) is 6.15. The number of aliphatic hydroxyl groups excluding tert-OH is 1. The fourth-order valence-electron chi connectivity index (χ4n) is 0.547. The highest BCUT2D eigenvalue weighted by Crippen LogP contribution is 2.01. The largest absolute Gasteiger partial charge is 0.478 e. The molecular formula is C9H14O5. The molecule has 5 heteroatoms. The average Bonchev–Trinajstić information content (AvgIpc) is 2.10. The molecule has 0 aromatic heterocycles. The SMILES string of the molecule is CC(C)C(O)COC(=O)C=CC(=O)O. The summed E-state index contributed by atoms with van der Waals surface area (Å²) in [6.45, 7) is 3.44. The third-order valence-electron chi connectivity index (χ3n) is 1.53. The van der Waals surface area contributed by atoms with E-state index in [9.17, 15) is 14.7 Å². The molecule has 0 aliphatic heterocycles. The standard InChI is InChI=1S/C9H14O5/c1-6(2)7(10)5-14-9(13)4-3-8(11)12/h3-4,6-7,10H,5H2,1-2H3,(H,11,12). The lowest BCUT2D eigenvalue weighted by Gasteiger charge is -2.13. The summed E-state index contributed by atoms with van der Waals surface area (Å²) in [6.07, 6.45) is 0.761. The Morgan fingerprint density at radius 3 is 2.36 bits per heavy atom. The first-order valence-corrected chi connectivity index (χ1v) is 4.19. The lowest BCUT2D eigenvalue weighted by atomic mass is 10.1. The molecule has 0 saturated heterocycles. The summed E-state index contributed by atoms with van der Waals surface area (Å²) in [5.74, 6) is -2.00. The van der Waals surface area contributed by atoms with Gasteiger partial charge in [0.1, 0.15) is 6.61 Å². The molecule has 0 radical (unpaired) electrons. The number of carbonyl (C=O) groups is 2. The Kier molecular flexibility index (Phi) is 5.55. The van der Waals surface area contributed by atoms with Gasteiger partial charge in [0.25, 0.3) is 0 Å². The highest BCUT2D eigenvalue weighted by atomic mass is 16.5. The Balaban J connectivity index is 3.80. The average molecular weight is 202 g/mol. The summed E-state index contributed by atoms with van der Waals surface area (Å²) in [4.78, 5) is 20.8. The molecule has 14 heavy (non-hydrogen) atoms. The molecule has 0 aromatic rings. The minimum absolute atomic E-state index is 0.00810. The fourth-order valence-corrected chi connectivity index (χ4v) is 0.547. The van der Waals surface area contributed by atoms with Gasteiger partial charge in [0.05, 0.1) is 6.10 Å². The van der Waals surface area contributed by atoms with Crippen LogP contribution in [0.4, 0.5) is 0 Å². The molecule has 0 aliphatic carbocycles. The highest BCUT2D eigenvalue weighted by molar-refractivity contribution is 5.90. The summed E-state index contributed by atoms with van der Waals surface area (Å²) < 4.78 is 4.58. The summed E-state index contributed by atoms with van der Waals surface area (Å²) in [7, 11) is 0. The van der Waals surface area contributed by atoms with E-state index >= 15 is 0 Å². The first kappa shape index (κ1) is 12.6. The molecule has 0 spiro atoms. The van der Waals surface area contributed by atoms with E-state index in [-0.39, 0.29) is 12.5 Å². The van der Waals surface area contributed by atoms with Crippen LogP contribution in [0.1, 0.15) is 13.8 Å². The molecule has 0 heterocycles. The molecule has 1 atom stereocenters. The molecule has 0 amide bonds. The second-order valence-corrected chi connectivity index (χ2v) is 3.11. The van der Waals surface area contributed by atoms with Gasteiger partial charge in [0, 0.05) is 12.2 Å². The van der Waals surface area contributed by atoms with Crippen LogP contribution in [0.5, 0.6) is 0 Å². The Labute approximate surface area is 82.0 Å². The van der Waals surface area contributed by atoms with E-state index in [2.05, 4.69) is 4.74 Å². The maximum absolute atomic E-state index is 10.8. The van der Waals surface area contributed by atoms with Gasteiger partial charge in [-0.2, -0.15) is 0 Å². The van der Waals surface area contributed by atoms with Gasteiger partial charge in [-0.05, 0) is 5.92 Å². The molecule has 0 rings (SSSR count). The van der Waals surface area contributed by atoms with Crippen LogP contribution in [0.25, 0.3) is 0 Å². The van der Waals surface area contributed by atoms with Crippen LogP contribution in [0.2, 0.25) is 0 Å². The van der Waals surface area contributed by atoms with E-state index in [4.69, 9.17) is 5.11 Å². The van der Waals surface area contributed by atoms with E-state index in [0.29, 0.717) is 6.08 Å². The Morgan fingerprint density at radius 1 is 1.36 bits per heavy atom. The van der Waals surface area contributed by atoms with Crippen LogP contribution in [0.3, 0.4) is 0 Å².